The van der Waals surface area contributed by atoms with Gasteiger partial charge in [0.15, 0.2) is 0 Å². The second-order valence-corrected chi connectivity index (χ2v) is 3.77. The van der Waals surface area contributed by atoms with Gasteiger partial charge in [0.1, 0.15) is 6.10 Å². The molecule has 1 atom stereocenters. The molecule has 0 aliphatic rings. The molecule has 1 aromatic carbocycles. The van der Waals surface area contributed by atoms with Crippen LogP contribution in [0.2, 0.25) is 0 Å². The first kappa shape index (κ1) is 13.7. The fraction of sp³-hybridized carbons (Fsp3) is 0.462. The zero-order valence-corrected chi connectivity index (χ0v) is 10.5. The molecule has 0 saturated heterocycles. The number of amides is 1. The maximum Gasteiger partial charge on any atom is 0.253 e. The topological polar surface area (TPSA) is 47.6 Å². The molecule has 1 aromatic rings. The van der Waals surface area contributed by atoms with Gasteiger partial charge in [-0.25, -0.2) is 0 Å². The molecule has 94 valence electrons. The van der Waals surface area contributed by atoms with Gasteiger partial charge in [-0.15, -0.1) is 0 Å². The van der Waals surface area contributed by atoms with Crippen LogP contribution >= 0.6 is 0 Å². The third kappa shape index (κ3) is 4.17. The van der Waals surface area contributed by atoms with Crippen LogP contribution in [-0.4, -0.2) is 32.8 Å². The fourth-order valence-electron chi connectivity index (χ4n) is 1.41. The van der Waals surface area contributed by atoms with Gasteiger partial charge in [-0.3, -0.25) is 4.79 Å². The van der Waals surface area contributed by atoms with Gasteiger partial charge >= 0.3 is 0 Å². The van der Waals surface area contributed by atoms with Gasteiger partial charge in [0.05, 0.1) is 6.61 Å². The molecule has 0 fully saturated rings. The standard InChI is InChI=1S/C13H19NO3/c1-10(17-3)13(15)14-12-7-5-4-6-11(12)8-9-16-2/h4-7,10H,8-9H2,1-3H3,(H,14,15). The highest BCUT2D eigenvalue weighted by molar-refractivity contribution is 5.94. The second-order valence-electron chi connectivity index (χ2n) is 3.77. The van der Waals surface area contributed by atoms with Crippen molar-refractivity contribution in [3.05, 3.63) is 29.8 Å². The quantitative estimate of drug-likeness (QED) is 0.821. The van der Waals surface area contributed by atoms with Crippen molar-refractivity contribution in [2.24, 2.45) is 0 Å². The molecule has 1 amide bonds. The number of anilines is 1. The number of benzene rings is 1. The van der Waals surface area contributed by atoms with E-state index in [9.17, 15) is 4.79 Å². The van der Waals surface area contributed by atoms with E-state index >= 15 is 0 Å². The van der Waals surface area contributed by atoms with Gasteiger partial charge in [-0.05, 0) is 25.0 Å². The highest BCUT2D eigenvalue weighted by Crippen LogP contribution is 2.16. The molecule has 0 aliphatic heterocycles. The van der Waals surface area contributed by atoms with E-state index in [1.807, 2.05) is 24.3 Å². The number of rotatable bonds is 6. The van der Waals surface area contributed by atoms with Crippen molar-refractivity contribution in [3.63, 3.8) is 0 Å². The van der Waals surface area contributed by atoms with Crippen molar-refractivity contribution in [1.82, 2.24) is 0 Å². The van der Waals surface area contributed by atoms with E-state index in [1.165, 1.54) is 7.11 Å². The fourth-order valence-corrected chi connectivity index (χ4v) is 1.41. The minimum Gasteiger partial charge on any atom is -0.384 e. The van der Waals surface area contributed by atoms with E-state index < -0.39 is 6.10 Å². The van der Waals surface area contributed by atoms with Crippen molar-refractivity contribution in [2.45, 2.75) is 19.4 Å². The molecule has 0 aromatic heterocycles. The van der Waals surface area contributed by atoms with E-state index in [0.717, 1.165) is 17.7 Å². The SMILES string of the molecule is COCCc1ccccc1NC(=O)C(C)OC. The Kier molecular flexibility index (Phi) is 5.66. The lowest BCUT2D eigenvalue weighted by atomic mass is 10.1. The predicted molar refractivity (Wildman–Crippen MR) is 67.1 cm³/mol. The monoisotopic (exact) mass is 237 g/mol. The highest BCUT2D eigenvalue weighted by Gasteiger charge is 2.12. The summed E-state index contributed by atoms with van der Waals surface area (Å²) in [7, 11) is 3.18. The molecule has 1 rings (SSSR count). The normalized spacial score (nSPS) is 12.2. The third-order valence-corrected chi connectivity index (χ3v) is 2.57. The number of carbonyl (C=O) groups is 1. The summed E-state index contributed by atoms with van der Waals surface area (Å²) in [5, 5.41) is 2.85. The molecule has 4 heteroatoms. The predicted octanol–water partition coefficient (Wildman–Crippen LogP) is 1.85. The zero-order chi connectivity index (χ0) is 12.7. The third-order valence-electron chi connectivity index (χ3n) is 2.57. The summed E-state index contributed by atoms with van der Waals surface area (Å²) in [4.78, 5) is 11.7. The number of para-hydroxylation sites is 1. The van der Waals surface area contributed by atoms with E-state index in [2.05, 4.69) is 5.32 Å². The molecule has 0 aliphatic carbocycles. The molecule has 0 spiro atoms. The first-order valence-electron chi connectivity index (χ1n) is 5.59. The van der Waals surface area contributed by atoms with Crippen LogP contribution in [0, 0.1) is 0 Å². The van der Waals surface area contributed by atoms with Gasteiger partial charge < -0.3 is 14.8 Å². The molecule has 1 unspecified atom stereocenters. The Balaban J connectivity index is 2.72. The van der Waals surface area contributed by atoms with Gasteiger partial charge in [0.25, 0.3) is 5.91 Å². The minimum atomic E-state index is -0.453. The molecule has 0 radical (unpaired) electrons. The van der Waals surface area contributed by atoms with Crippen molar-refractivity contribution in [3.8, 4) is 0 Å². The zero-order valence-electron chi connectivity index (χ0n) is 10.5. The Morgan fingerprint density at radius 2 is 2.06 bits per heavy atom. The second kappa shape index (κ2) is 7.04. The molecule has 0 bridgehead atoms. The summed E-state index contributed by atoms with van der Waals surface area (Å²) in [6, 6.07) is 7.70. The van der Waals surface area contributed by atoms with Gasteiger partial charge in [0.2, 0.25) is 0 Å². The lowest BCUT2D eigenvalue weighted by Gasteiger charge is -2.13. The summed E-state index contributed by atoms with van der Waals surface area (Å²) in [6.07, 6.45) is 0.319. The van der Waals surface area contributed by atoms with Crippen molar-refractivity contribution in [1.29, 1.82) is 0 Å². The van der Waals surface area contributed by atoms with Crippen LogP contribution in [0.4, 0.5) is 5.69 Å². The number of methoxy groups -OCH3 is 2. The molecule has 4 nitrogen and oxygen atoms in total. The summed E-state index contributed by atoms with van der Waals surface area (Å²) in [6.45, 7) is 2.35. The largest absolute Gasteiger partial charge is 0.384 e. The summed E-state index contributed by atoms with van der Waals surface area (Å²) >= 11 is 0. The van der Waals surface area contributed by atoms with Crippen LogP contribution < -0.4 is 5.32 Å². The number of nitrogens with one attached hydrogen (secondary N) is 1. The Hall–Kier alpha value is -1.39. The van der Waals surface area contributed by atoms with Gasteiger partial charge in [-0.2, -0.15) is 0 Å². The van der Waals surface area contributed by atoms with Crippen LogP contribution in [0.15, 0.2) is 24.3 Å². The highest BCUT2D eigenvalue weighted by atomic mass is 16.5. The van der Waals surface area contributed by atoms with Crippen LogP contribution in [0.5, 0.6) is 0 Å². The first-order chi connectivity index (χ1) is 8.19. The summed E-state index contributed by atoms with van der Waals surface area (Å²) < 4.78 is 10.0. The molecule has 17 heavy (non-hydrogen) atoms. The van der Waals surface area contributed by atoms with E-state index in [1.54, 1.807) is 14.0 Å². The van der Waals surface area contributed by atoms with E-state index in [0.29, 0.717) is 6.61 Å². The Bertz CT molecular complexity index is 365. The van der Waals surface area contributed by atoms with Crippen molar-refractivity contribution >= 4 is 11.6 Å². The Morgan fingerprint density at radius 3 is 2.71 bits per heavy atom. The number of hydrogen-bond acceptors (Lipinski definition) is 3. The van der Waals surface area contributed by atoms with Crippen LogP contribution in [0.1, 0.15) is 12.5 Å². The maximum atomic E-state index is 11.7. The average Bonchev–Trinajstić information content (AvgIpc) is 2.36. The number of hydrogen-bond donors (Lipinski definition) is 1. The van der Waals surface area contributed by atoms with Gasteiger partial charge in [0, 0.05) is 19.9 Å². The minimum absolute atomic E-state index is 0.141. The lowest BCUT2D eigenvalue weighted by molar-refractivity contribution is -0.124. The van der Waals surface area contributed by atoms with Crippen LogP contribution in [0.25, 0.3) is 0 Å². The first-order valence-corrected chi connectivity index (χ1v) is 5.59. The lowest BCUT2D eigenvalue weighted by Crippen LogP contribution is -2.27. The van der Waals surface area contributed by atoms with Crippen molar-refractivity contribution in [2.75, 3.05) is 26.1 Å². The molecule has 1 N–H and O–H groups in total. The summed E-state index contributed by atoms with van der Waals surface area (Å²) in [5.74, 6) is -0.141. The Labute approximate surface area is 102 Å². The number of ether oxygens (including phenoxy) is 2. The summed E-state index contributed by atoms with van der Waals surface area (Å²) in [5.41, 5.74) is 1.88. The maximum absolute atomic E-state index is 11.7. The van der Waals surface area contributed by atoms with E-state index in [4.69, 9.17) is 9.47 Å². The van der Waals surface area contributed by atoms with Crippen LogP contribution in [-0.2, 0) is 20.7 Å². The average molecular weight is 237 g/mol. The molecule has 0 heterocycles. The molecular formula is C13H19NO3. The molecular weight excluding hydrogens is 218 g/mol. The van der Waals surface area contributed by atoms with Gasteiger partial charge in [-0.1, -0.05) is 18.2 Å². The smallest absolute Gasteiger partial charge is 0.253 e. The molecule has 0 saturated carbocycles. The number of carbonyl (C=O) groups excluding carboxylic acids is 1. The van der Waals surface area contributed by atoms with Crippen LogP contribution in [0.3, 0.4) is 0 Å². The van der Waals surface area contributed by atoms with E-state index in [-0.39, 0.29) is 5.91 Å². The Morgan fingerprint density at radius 1 is 1.35 bits per heavy atom. The van der Waals surface area contributed by atoms with Crippen molar-refractivity contribution < 1.29 is 14.3 Å².